The molecule has 0 aliphatic rings. The van der Waals surface area contributed by atoms with E-state index in [2.05, 4.69) is 14.7 Å². The Bertz CT molecular complexity index is 1030. The first-order chi connectivity index (χ1) is 11.6. The molecule has 0 atom stereocenters. The van der Waals surface area contributed by atoms with Gasteiger partial charge in [-0.2, -0.15) is 13.2 Å². The summed E-state index contributed by atoms with van der Waals surface area (Å²) in [4.78, 5) is 7.94. The van der Waals surface area contributed by atoms with Crippen molar-refractivity contribution in [3.8, 4) is 10.6 Å². The number of hydrogen-bond acceptors (Lipinski definition) is 5. The molecule has 25 heavy (non-hydrogen) atoms. The summed E-state index contributed by atoms with van der Waals surface area (Å²) in [6, 6.07) is 6.94. The number of hydrogen-bond donors (Lipinski definition) is 1. The summed E-state index contributed by atoms with van der Waals surface area (Å²) < 4.78 is 63.7. The lowest BCUT2D eigenvalue weighted by Gasteiger charge is -2.11. The largest absolute Gasteiger partial charge is 0.434 e. The molecule has 132 valence electrons. The van der Waals surface area contributed by atoms with E-state index < -0.39 is 21.9 Å². The van der Waals surface area contributed by atoms with Gasteiger partial charge in [-0.1, -0.05) is 18.2 Å². The van der Waals surface area contributed by atoms with E-state index in [1.54, 1.807) is 24.3 Å². The smallest absolute Gasteiger partial charge is 0.256 e. The van der Waals surface area contributed by atoms with Gasteiger partial charge in [0.15, 0.2) is 5.69 Å². The predicted molar refractivity (Wildman–Crippen MR) is 89.5 cm³/mol. The molecule has 0 fully saturated rings. The molecular weight excluding hydrogens is 375 g/mol. The number of pyridine rings is 1. The number of nitrogens with one attached hydrogen (secondary N) is 1. The molecule has 10 heteroatoms. The van der Waals surface area contributed by atoms with E-state index in [0.29, 0.717) is 22.0 Å². The van der Waals surface area contributed by atoms with Crippen LogP contribution >= 0.6 is 11.3 Å². The van der Waals surface area contributed by atoms with E-state index in [1.807, 2.05) is 0 Å². The molecule has 0 spiro atoms. The summed E-state index contributed by atoms with van der Waals surface area (Å²) in [5.74, 6) is 0. The number of sulfonamides is 1. The molecule has 3 aromatic rings. The Morgan fingerprint density at radius 2 is 1.96 bits per heavy atom. The molecule has 3 rings (SSSR count). The van der Waals surface area contributed by atoms with Gasteiger partial charge in [-0.25, -0.2) is 18.1 Å². The van der Waals surface area contributed by atoms with E-state index in [-0.39, 0.29) is 11.6 Å². The number of para-hydroxylation sites is 1. The summed E-state index contributed by atoms with van der Waals surface area (Å²) >= 11 is 0.856. The number of rotatable bonds is 4. The van der Waals surface area contributed by atoms with Gasteiger partial charge in [0.05, 0.1) is 11.8 Å². The van der Waals surface area contributed by atoms with Crippen LogP contribution < -0.4 is 4.72 Å². The molecule has 2 heterocycles. The third-order valence-electron chi connectivity index (χ3n) is 3.39. The molecule has 0 radical (unpaired) electrons. The van der Waals surface area contributed by atoms with E-state index in [4.69, 9.17) is 0 Å². The Hall–Kier alpha value is -2.04. The normalized spacial score (nSPS) is 12.6. The standard InChI is InChI=1S/C15H12F3N3O2S2/c1-25(22,23)20-7-9-6-19-11-5-3-2-4-10(11)13(9)14-21-12(8-24-14)15(16,17)18/h2-6,8,20H,7H2,1H3. The van der Waals surface area contributed by atoms with Crippen LogP contribution in [0.15, 0.2) is 35.8 Å². The fourth-order valence-electron chi connectivity index (χ4n) is 2.30. The van der Waals surface area contributed by atoms with Crippen LogP contribution in [0.25, 0.3) is 21.5 Å². The quantitative estimate of drug-likeness (QED) is 0.745. The average molecular weight is 387 g/mol. The van der Waals surface area contributed by atoms with Crippen LogP contribution in [0.2, 0.25) is 0 Å². The number of aromatic nitrogens is 2. The summed E-state index contributed by atoms with van der Waals surface area (Å²) in [5.41, 5.74) is 0.509. The van der Waals surface area contributed by atoms with Gasteiger partial charge in [0.1, 0.15) is 5.01 Å². The van der Waals surface area contributed by atoms with Crippen LogP contribution in [-0.4, -0.2) is 24.6 Å². The lowest BCUT2D eigenvalue weighted by molar-refractivity contribution is -0.140. The summed E-state index contributed by atoms with van der Waals surface area (Å²) in [7, 11) is -3.47. The Morgan fingerprint density at radius 3 is 2.60 bits per heavy atom. The molecule has 0 bridgehead atoms. The molecule has 1 aromatic carbocycles. The van der Waals surface area contributed by atoms with Crippen LogP contribution in [-0.2, 0) is 22.7 Å². The highest BCUT2D eigenvalue weighted by Crippen LogP contribution is 2.37. The second-order valence-corrected chi connectivity index (χ2v) is 8.00. The maximum absolute atomic E-state index is 12.9. The van der Waals surface area contributed by atoms with Crippen molar-refractivity contribution in [1.82, 2.24) is 14.7 Å². The van der Waals surface area contributed by atoms with E-state index >= 15 is 0 Å². The topological polar surface area (TPSA) is 72.0 Å². The van der Waals surface area contributed by atoms with Gasteiger partial charge in [-0.05, 0) is 11.6 Å². The van der Waals surface area contributed by atoms with Crippen LogP contribution in [0.1, 0.15) is 11.3 Å². The Kier molecular flexibility index (Phi) is 4.52. The number of benzene rings is 1. The molecule has 0 aliphatic heterocycles. The predicted octanol–water partition coefficient (Wildman–Crippen LogP) is 3.43. The lowest BCUT2D eigenvalue weighted by Crippen LogP contribution is -2.21. The van der Waals surface area contributed by atoms with Gasteiger partial charge >= 0.3 is 6.18 Å². The molecule has 5 nitrogen and oxygen atoms in total. The van der Waals surface area contributed by atoms with Crippen molar-refractivity contribution in [1.29, 1.82) is 0 Å². The zero-order valence-corrected chi connectivity index (χ0v) is 14.5. The average Bonchev–Trinajstić information content (AvgIpc) is 3.01. The van der Waals surface area contributed by atoms with Crippen molar-refractivity contribution in [2.75, 3.05) is 6.26 Å². The van der Waals surface area contributed by atoms with Gasteiger partial charge in [-0.15, -0.1) is 11.3 Å². The first-order valence-electron chi connectivity index (χ1n) is 6.99. The zero-order chi connectivity index (χ0) is 18.2. The third-order valence-corrected chi connectivity index (χ3v) is 4.92. The molecule has 0 amide bonds. The molecular formula is C15H12F3N3O2S2. The van der Waals surface area contributed by atoms with Gasteiger partial charge in [0.2, 0.25) is 10.0 Å². The van der Waals surface area contributed by atoms with E-state index in [0.717, 1.165) is 23.0 Å². The SMILES string of the molecule is CS(=O)(=O)NCc1cnc2ccccc2c1-c1nc(C(F)(F)F)cs1. The fraction of sp³-hybridized carbons (Fsp3) is 0.200. The highest BCUT2D eigenvalue weighted by Gasteiger charge is 2.34. The number of nitrogens with zero attached hydrogens (tertiary/aromatic N) is 2. The highest BCUT2D eigenvalue weighted by atomic mass is 32.2. The first kappa shape index (κ1) is 17.8. The van der Waals surface area contributed by atoms with E-state index in [1.165, 1.54) is 6.20 Å². The minimum absolute atomic E-state index is 0.0903. The molecule has 2 aromatic heterocycles. The van der Waals surface area contributed by atoms with Crippen molar-refractivity contribution in [2.24, 2.45) is 0 Å². The number of thiazole rings is 1. The van der Waals surface area contributed by atoms with Crippen LogP contribution in [0.4, 0.5) is 13.2 Å². The Morgan fingerprint density at radius 1 is 1.24 bits per heavy atom. The lowest BCUT2D eigenvalue weighted by atomic mass is 10.0. The Labute approximate surface area is 145 Å². The monoisotopic (exact) mass is 387 g/mol. The number of alkyl halides is 3. The van der Waals surface area contributed by atoms with Crippen LogP contribution in [0, 0.1) is 0 Å². The van der Waals surface area contributed by atoms with Crippen LogP contribution in [0.3, 0.4) is 0 Å². The van der Waals surface area contributed by atoms with Crippen LogP contribution in [0.5, 0.6) is 0 Å². The van der Waals surface area contributed by atoms with E-state index in [9.17, 15) is 21.6 Å². The maximum Gasteiger partial charge on any atom is 0.434 e. The van der Waals surface area contributed by atoms with Gasteiger partial charge in [0, 0.05) is 29.1 Å². The molecule has 0 aliphatic carbocycles. The second kappa shape index (κ2) is 6.36. The van der Waals surface area contributed by atoms with Crippen molar-refractivity contribution in [3.05, 3.63) is 47.1 Å². The summed E-state index contributed by atoms with van der Waals surface area (Å²) in [5, 5.41) is 1.72. The van der Waals surface area contributed by atoms with Gasteiger partial charge < -0.3 is 0 Å². The number of fused-ring (bicyclic) bond motifs is 1. The molecule has 0 unspecified atom stereocenters. The second-order valence-electron chi connectivity index (χ2n) is 5.30. The summed E-state index contributed by atoms with van der Waals surface area (Å²) in [6.07, 6.45) is -2.08. The van der Waals surface area contributed by atoms with Crippen molar-refractivity contribution < 1.29 is 21.6 Å². The van der Waals surface area contributed by atoms with Gasteiger partial charge in [-0.3, -0.25) is 4.98 Å². The first-order valence-corrected chi connectivity index (χ1v) is 9.76. The minimum atomic E-state index is -4.54. The molecule has 0 saturated carbocycles. The highest BCUT2D eigenvalue weighted by molar-refractivity contribution is 7.88. The summed E-state index contributed by atoms with van der Waals surface area (Å²) in [6.45, 7) is -0.0903. The van der Waals surface area contributed by atoms with Crippen molar-refractivity contribution >= 4 is 32.3 Å². The van der Waals surface area contributed by atoms with Crippen molar-refractivity contribution in [2.45, 2.75) is 12.7 Å². The number of halogens is 3. The van der Waals surface area contributed by atoms with Gasteiger partial charge in [0.25, 0.3) is 0 Å². The third kappa shape index (κ3) is 3.97. The zero-order valence-electron chi connectivity index (χ0n) is 12.8. The fourth-order valence-corrected chi connectivity index (χ4v) is 3.63. The minimum Gasteiger partial charge on any atom is -0.256 e. The molecule has 1 N–H and O–H groups in total. The van der Waals surface area contributed by atoms with Crippen molar-refractivity contribution in [3.63, 3.8) is 0 Å². The molecule has 0 saturated heterocycles. The Balaban J connectivity index is 2.17. The maximum atomic E-state index is 12.9.